The number of alkyl halides is 1. The number of halogens is 1. The fourth-order valence-corrected chi connectivity index (χ4v) is 2.50. The molecule has 19 heavy (non-hydrogen) atoms. The Balaban J connectivity index is 2.35. The summed E-state index contributed by atoms with van der Waals surface area (Å²) >= 11 is 3.23. The normalized spacial score (nSPS) is 23.4. The summed E-state index contributed by atoms with van der Waals surface area (Å²) in [5, 5.41) is 0. The lowest BCUT2D eigenvalue weighted by Gasteiger charge is -2.33. The number of hydrogen-bond acceptors (Lipinski definition) is 3. The first-order valence-electron chi connectivity index (χ1n) is 6.04. The van der Waals surface area contributed by atoms with E-state index in [1.165, 1.54) is 4.90 Å². The van der Waals surface area contributed by atoms with Crippen molar-refractivity contribution in [3.05, 3.63) is 35.9 Å². The quantitative estimate of drug-likeness (QED) is 0.453. The van der Waals surface area contributed by atoms with Gasteiger partial charge in [-0.15, -0.1) is 0 Å². The molecule has 102 valence electrons. The summed E-state index contributed by atoms with van der Waals surface area (Å²) in [7, 11) is 0. The minimum absolute atomic E-state index is 0.215. The number of amides is 1. The molecule has 1 aliphatic rings. The lowest BCUT2D eigenvalue weighted by Crippen LogP contribution is -2.46. The summed E-state index contributed by atoms with van der Waals surface area (Å²) in [6.07, 6.45) is -0.572. The summed E-state index contributed by atoms with van der Waals surface area (Å²) < 4.78 is 5.31. The summed E-state index contributed by atoms with van der Waals surface area (Å²) in [5.74, 6) is -0.641. The Hall–Kier alpha value is -1.36. The van der Waals surface area contributed by atoms with Crippen molar-refractivity contribution in [1.82, 2.24) is 4.90 Å². The first-order chi connectivity index (χ1) is 8.82. The number of carbonyl (C=O) groups excluding carboxylic acids is 2. The van der Waals surface area contributed by atoms with E-state index in [1.807, 2.05) is 26.8 Å². The monoisotopic (exact) mass is 325 g/mol. The van der Waals surface area contributed by atoms with Gasteiger partial charge in [0.05, 0.1) is 0 Å². The van der Waals surface area contributed by atoms with Gasteiger partial charge in [-0.05, 0) is 12.1 Å². The Morgan fingerprint density at radius 1 is 1.26 bits per heavy atom. The molecule has 1 saturated heterocycles. The number of benzene rings is 1. The summed E-state index contributed by atoms with van der Waals surface area (Å²) in [6, 6.07) is 8.88. The molecule has 0 unspecified atom stereocenters. The summed E-state index contributed by atoms with van der Waals surface area (Å²) in [4.78, 5) is 25.0. The molecule has 4 nitrogen and oxygen atoms in total. The second-order valence-corrected chi connectivity index (χ2v) is 6.44. The molecular formula is C14H16BrNO3. The standard InChI is InChI=1S/C14H16BrNO3/c1-14(2,3)13-16(10(15)12(18)19-13)11(17)9-7-5-4-6-8-9/h4-8,10,13H,1-3H3/t10-,13-/m1/s1. The highest BCUT2D eigenvalue weighted by atomic mass is 79.9. The van der Waals surface area contributed by atoms with E-state index in [2.05, 4.69) is 15.9 Å². The molecule has 0 spiro atoms. The predicted molar refractivity (Wildman–Crippen MR) is 74.7 cm³/mol. The molecule has 5 heteroatoms. The molecule has 2 atom stereocenters. The minimum Gasteiger partial charge on any atom is -0.439 e. The van der Waals surface area contributed by atoms with Crippen LogP contribution in [0.2, 0.25) is 0 Å². The molecule has 0 saturated carbocycles. The van der Waals surface area contributed by atoms with Crippen molar-refractivity contribution >= 4 is 27.8 Å². The van der Waals surface area contributed by atoms with Gasteiger partial charge in [-0.3, -0.25) is 9.69 Å². The highest BCUT2D eigenvalue weighted by Gasteiger charge is 2.48. The van der Waals surface area contributed by atoms with Gasteiger partial charge in [0.1, 0.15) is 0 Å². The van der Waals surface area contributed by atoms with E-state index in [0.29, 0.717) is 5.56 Å². The first kappa shape index (κ1) is 14.1. The highest BCUT2D eigenvalue weighted by molar-refractivity contribution is 9.09. The average molecular weight is 326 g/mol. The number of esters is 1. The molecule has 0 aromatic heterocycles. The smallest absolute Gasteiger partial charge is 0.342 e. The van der Waals surface area contributed by atoms with Crippen molar-refractivity contribution in [2.45, 2.75) is 32.0 Å². The molecule has 0 bridgehead atoms. The van der Waals surface area contributed by atoms with Crippen LogP contribution in [0, 0.1) is 5.41 Å². The van der Waals surface area contributed by atoms with E-state index in [1.54, 1.807) is 24.3 Å². The highest BCUT2D eigenvalue weighted by Crippen LogP contribution is 2.35. The van der Waals surface area contributed by atoms with Crippen molar-refractivity contribution in [3.8, 4) is 0 Å². The lowest BCUT2D eigenvalue weighted by molar-refractivity contribution is -0.146. The van der Waals surface area contributed by atoms with Crippen LogP contribution < -0.4 is 0 Å². The van der Waals surface area contributed by atoms with Crippen LogP contribution in [0.15, 0.2) is 30.3 Å². The van der Waals surface area contributed by atoms with Gasteiger partial charge >= 0.3 is 5.97 Å². The zero-order chi connectivity index (χ0) is 14.2. The Labute approximate surface area is 120 Å². The first-order valence-corrected chi connectivity index (χ1v) is 6.96. The van der Waals surface area contributed by atoms with Crippen molar-refractivity contribution < 1.29 is 14.3 Å². The van der Waals surface area contributed by atoms with Gasteiger partial charge in [0.2, 0.25) is 0 Å². The lowest BCUT2D eigenvalue weighted by atomic mass is 9.93. The Kier molecular flexibility index (Phi) is 3.67. The van der Waals surface area contributed by atoms with Gasteiger partial charge in [-0.25, -0.2) is 4.79 Å². The second-order valence-electron chi connectivity index (χ2n) is 5.57. The number of ether oxygens (including phenoxy) is 1. The van der Waals surface area contributed by atoms with Gasteiger partial charge in [-0.1, -0.05) is 54.9 Å². The van der Waals surface area contributed by atoms with Crippen molar-refractivity contribution in [2.75, 3.05) is 0 Å². The van der Waals surface area contributed by atoms with Crippen molar-refractivity contribution in [1.29, 1.82) is 0 Å². The molecule has 0 radical (unpaired) electrons. The number of carbonyl (C=O) groups is 2. The molecule has 1 aromatic carbocycles. The van der Waals surface area contributed by atoms with E-state index in [-0.39, 0.29) is 11.3 Å². The molecule has 1 aliphatic heterocycles. The minimum atomic E-state index is -0.732. The topological polar surface area (TPSA) is 46.6 Å². The number of cyclic esters (lactones) is 1. The molecule has 1 aromatic rings. The SMILES string of the molecule is CC(C)(C)[C@H]1OC(=O)[C@H](Br)N1C(=O)c1ccccc1. The van der Waals surface area contributed by atoms with E-state index in [4.69, 9.17) is 4.74 Å². The summed E-state index contributed by atoms with van der Waals surface area (Å²) in [6.45, 7) is 5.80. The van der Waals surface area contributed by atoms with Crippen molar-refractivity contribution in [3.63, 3.8) is 0 Å². The van der Waals surface area contributed by atoms with Crippen molar-refractivity contribution in [2.24, 2.45) is 5.41 Å². The van der Waals surface area contributed by atoms with Gasteiger partial charge < -0.3 is 4.74 Å². The van der Waals surface area contributed by atoms with E-state index >= 15 is 0 Å². The van der Waals surface area contributed by atoms with Crippen LogP contribution in [0.25, 0.3) is 0 Å². The van der Waals surface area contributed by atoms with E-state index in [0.717, 1.165) is 0 Å². The molecule has 1 amide bonds. The third-order valence-corrected chi connectivity index (χ3v) is 3.73. The largest absolute Gasteiger partial charge is 0.439 e. The maximum Gasteiger partial charge on any atom is 0.342 e. The molecule has 0 N–H and O–H groups in total. The predicted octanol–water partition coefficient (Wildman–Crippen LogP) is 2.78. The molecule has 1 fully saturated rings. The van der Waals surface area contributed by atoms with Crippen LogP contribution in [0.5, 0.6) is 0 Å². The summed E-state index contributed by atoms with van der Waals surface area (Å²) in [5.41, 5.74) is 0.197. The molecule has 2 rings (SSSR count). The third-order valence-electron chi connectivity index (χ3n) is 2.92. The van der Waals surface area contributed by atoms with Crippen LogP contribution in [-0.2, 0) is 9.53 Å². The third kappa shape index (κ3) is 2.66. The number of nitrogens with zero attached hydrogens (tertiary/aromatic N) is 1. The van der Waals surface area contributed by atoms with Crippen LogP contribution in [0.4, 0.5) is 0 Å². The number of rotatable bonds is 1. The van der Waals surface area contributed by atoms with Gasteiger partial charge in [0, 0.05) is 11.0 Å². The van der Waals surface area contributed by atoms with Gasteiger partial charge in [-0.2, -0.15) is 0 Å². The maximum atomic E-state index is 12.5. The maximum absolute atomic E-state index is 12.5. The zero-order valence-corrected chi connectivity index (χ0v) is 12.7. The van der Waals surface area contributed by atoms with E-state index in [9.17, 15) is 9.59 Å². The van der Waals surface area contributed by atoms with Crippen LogP contribution in [0.3, 0.4) is 0 Å². The van der Waals surface area contributed by atoms with Crippen LogP contribution in [-0.4, -0.2) is 28.0 Å². The van der Waals surface area contributed by atoms with Gasteiger partial charge in [0.25, 0.3) is 5.91 Å². The average Bonchev–Trinajstić information content (AvgIpc) is 2.66. The van der Waals surface area contributed by atoms with E-state index < -0.39 is 17.1 Å². The fourth-order valence-electron chi connectivity index (χ4n) is 1.99. The van der Waals surface area contributed by atoms with Crippen LogP contribution >= 0.6 is 15.9 Å². The number of hydrogen-bond donors (Lipinski definition) is 0. The molecule has 1 heterocycles. The fraction of sp³-hybridized carbons (Fsp3) is 0.429. The zero-order valence-electron chi connectivity index (χ0n) is 11.1. The molecule has 0 aliphatic carbocycles. The molecular weight excluding hydrogens is 310 g/mol. The Morgan fingerprint density at radius 2 is 1.84 bits per heavy atom. The second kappa shape index (κ2) is 4.96. The Morgan fingerprint density at radius 3 is 2.37 bits per heavy atom. The van der Waals surface area contributed by atoms with Gasteiger partial charge in [0.15, 0.2) is 11.2 Å². The van der Waals surface area contributed by atoms with Crippen LogP contribution in [0.1, 0.15) is 31.1 Å². The Bertz CT molecular complexity index is 495.